The monoisotopic (exact) mass is 339 g/mol. The molecule has 132 valence electrons. The van der Waals surface area contributed by atoms with Gasteiger partial charge in [-0.2, -0.15) is 0 Å². The Morgan fingerprint density at radius 3 is 2.60 bits per heavy atom. The lowest BCUT2D eigenvalue weighted by molar-refractivity contribution is 0.159. The molecule has 25 heavy (non-hydrogen) atoms. The fraction of sp³-hybridized carbons (Fsp3) is 0.300. The number of hydrogen-bond acceptors (Lipinski definition) is 4. The number of rotatable bonds is 7. The summed E-state index contributed by atoms with van der Waals surface area (Å²) in [4.78, 5) is 9.26. The Morgan fingerprint density at radius 1 is 1.12 bits per heavy atom. The lowest BCUT2D eigenvalue weighted by Gasteiger charge is -2.14. The second kappa shape index (κ2) is 8.87. The maximum atomic E-state index is 6.04. The molecule has 0 amide bonds. The van der Waals surface area contributed by atoms with E-state index in [-0.39, 0.29) is 0 Å². The molecular formula is C20H25N3O2. The Morgan fingerprint density at radius 2 is 1.88 bits per heavy atom. The van der Waals surface area contributed by atoms with E-state index >= 15 is 0 Å². The summed E-state index contributed by atoms with van der Waals surface area (Å²) in [5.41, 5.74) is 10.6. The van der Waals surface area contributed by atoms with Gasteiger partial charge in [-0.1, -0.05) is 41.6 Å². The molecule has 0 fully saturated rings. The maximum absolute atomic E-state index is 6.04. The minimum Gasteiger partial charge on any atom is -0.489 e. The number of oxime groups is 1. The van der Waals surface area contributed by atoms with Crippen LogP contribution in [0.2, 0.25) is 0 Å². The number of benzene rings is 2. The Labute approximate surface area is 149 Å². The van der Waals surface area contributed by atoms with Gasteiger partial charge in [-0.25, -0.2) is 0 Å². The quantitative estimate of drug-likeness (QED) is 0.476. The first-order chi connectivity index (χ1) is 12.1. The highest BCUT2D eigenvalue weighted by Crippen LogP contribution is 2.21. The summed E-state index contributed by atoms with van der Waals surface area (Å²) in [6.45, 7) is 6.82. The first kappa shape index (κ1) is 18.5. The first-order valence-corrected chi connectivity index (χ1v) is 8.27. The molecule has 0 unspecified atom stereocenters. The molecule has 0 aliphatic carbocycles. The molecule has 0 saturated carbocycles. The number of nitrogens with zero attached hydrogens (tertiary/aromatic N) is 2. The molecule has 0 aliphatic rings. The highest BCUT2D eigenvalue weighted by molar-refractivity contribution is 6.47. The molecule has 0 aliphatic heterocycles. The van der Waals surface area contributed by atoms with Crippen LogP contribution in [0, 0.1) is 13.8 Å². The van der Waals surface area contributed by atoms with Gasteiger partial charge in [0.05, 0.1) is 0 Å². The van der Waals surface area contributed by atoms with Crippen LogP contribution < -0.4 is 10.5 Å². The summed E-state index contributed by atoms with van der Waals surface area (Å²) < 4.78 is 6.04. The van der Waals surface area contributed by atoms with Gasteiger partial charge in [-0.05, 0) is 43.5 Å². The molecule has 2 aromatic rings. The van der Waals surface area contributed by atoms with E-state index < -0.39 is 0 Å². The second-order valence-electron chi connectivity index (χ2n) is 5.68. The van der Waals surface area contributed by atoms with Crippen LogP contribution in [-0.2, 0) is 11.4 Å². The van der Waals surface area contributed by atoms with Crippen molar-refractivity contribution in [1.82, 2.24) is 0 Å². The molecule has 5 heteroatoms. The van der Waals surface area contributed by atoms with E-state index in [1.807, 2.05) is 51.1 Å². The third-order valence-electron chi connectivity index (χ3n) is 3.77. The van der Waals surface area contributed by atoms with Gasteiger partial charge in [0, 0.05) is 12.6 Å². The molecule has 2 rings (SSSR count). The molecule has 0 heterocycles. The van der Waals surface area contributed by atoms with Crippen LogP contribution in [0.3, 0.4) is 0 Å². The van der Waals surface area contributed by atoms with E-state index in [0.29, 0.717) is 24.8 Å². The predicted molar refractivity (Wildman–Crippen MR) is 102 cm³/mol. The van der Waals surface area contributed by atoms with Crippen molar-refractivity contribution in [2.75, 3.05) is 13.7 Å². The van der Waals surface area contributed by atoms with Crippen molar-refractivity contribution in [3.63, 3.8) is 0 Å². The van der Waals surface area contributed by atoms with Gasteiger partial charge >= 0.3 is 0 Å². The fourth-order valence-corrected chi connectivity index (χ4v) is 2.36. The van der Waals surface area contributed by atoms with E-state index in [0.717, 1.165) is 28.0 Å². The standard InChI is InChI=1S/C20H25N3O2/c1-5-25-23-19(20(21)22-4)17-9-7-6-8-16(17)13-24-18-12-14(2)10-11-15(18)3/h6-12H,5,13H2,1-4H3,(H2,21,22). The Hall–Kier alpha value is -2.82. The average Bonchev–Trinajstić information content (AvgIpc) is 2.63. The van der Waals surface area contributed by atoms with Gasteiger partial charge in [-0.15, -0.1) is 0 Å². The summed E-state index contributed by atoms with van der Waals surface area (Å²) in [5, 5.41) is 4.14. The van der Waals surface area contributed by atoms with Crippen molar-refractivity contribution in [2.24, 2.45) is 15.9 Å². The number of nitrogens with two attached hydrogens (primary N) is 1. The molecule has 0 aromatic heterocycles. The summed E-state index contributed by atoms with van der Waals surface area (Å²) in [6.07, 6.45) is 0. The highest BCUT2D eigenvalue weighted by atomic mass is 16.6. The van der Waals surface area contributed by atoms with Crippen molar-refractivity contribution in [2.45, 2.75) is 27.4 Å². The smallest absolute Gasteiger partial charge is 0.152 e. The lowest BCUT2D eigenvalue weighted by atomic mass is 10.0. The van der Waals surface area contributed by atoms with Gasteiger partial charge in [0.1, 0.15) is 24.8 Å². The number of aliphatic imine (C=N–C) groups is 1. The molecule has 0 spiro atoms. The number of aryl methyl sites for hydroxylation is 2. The summed E-state index contributed by atoms with van der Waals surface area (Å²) in [5.74, 6) is 1.20. The van der Waals surface area contributed by atoms with E-state index in [9.17, 15) is 0 Å². The van der Waals surface area contributed by atoms with Crippen LogP contribution in [0.15, 0.2) is 52.6 Å². The van der Waals surface area contributed by atoms with Gasteiger partial charge in [0.2, 0.25) is 0 Å². The van der Waals surface area contributed by atoms with Gasteiger partial charge in [-0.3, -0.25) is 4.99 Å². The van der Waals surface area contributed by atoms with Crippen LogP contribution in [0.5, 0.6) is 5.75 Å². The van der Waals surface area contributed by atoms with Crippen molar-refractivity contribution in [1.29, 1.82) is 0 Å². The van der Waals surface area contributed by atoms with Crippen molar-refractivity contribution >= 4 is 11.5 Å². The molecule has 0 atom stereocenters. The zero-order valence-electron chi connectivity index (χ0n) is 15.2. The third-order valence-corrected chi connectivity index (χ3v) is 3.77. The normalized spacial score (nSPS) is 12.2. The van der Waals surface area contributed by atoms with E-state index in [2.05, 4.69) is 22.3 Å². The molecular weight excluding hydrogens is 314 g/mol. The van der Waals surface area contributed by atoms with Gasteiger partial charge in [0.15, 0.2) is 5.71 Å². The second-order valence-corrected chi connectivity index (χ2v) is 5.68. The fourth-order valence-electron chi connectivity index (χ4n) is 2.36. The largest absolute Gasteiger partial charge is 0.489 e. The predicted octanol–water partition coefficient (Wildman–Crippen LogP) is 3.61. The molecule has 2 N–H and O–H groups in total. The summed E-state index contributed by atoms with van der Waals surface area (Å²) in [6, 6.07) is 14.0. The zero-order chi connectivity index (χ0) is 18.2. The Balaban J connectivity index is 2.32. The van der Waals surface area contributed by atoms with Gasteiger partial charge in [0.25, 0.3) is 0 Å². The van der Waals surface area contributed by atoms with E-state index in [1.54, 1.807) is 7.05 Å². The third kappa shape index (κ3) is 4.83. The molecule has 2 aromatic carbocycles. The summed E-state index contributed by atoms with van der Waals surface area (Å²) in [7, 11) is 1.63. The molecule has 0 radical (unpaired) electrons. The minimum atomic E-state index is 0.327. The first-order valence-electron chi connectivity index (χ1n) is 8.27. The zero-order valence-corrected chi connectivity index (χ0v) is 15.2. The number of ether oxygens (including phenoxy) is 1. The molecule has 0 bridgehead atoms. The Kier molecular flexibility index (Phi) is 6.57. The summed E-state index contributed by atoms with van der Waals surface area (Å²) >= 11 is 0. The lowest BCUT2D eigenvalue weighted by Crippen LogP contribution is -2.26. The van der Waals surface area contributed by atoms with Gasteiger partial charge < -0.3 is 15.3 Å². The minimum absolute atomic E-state index is 0.327. The van der Waals surface area contributed by atoms with Crippen LogP contribution in [0.4, 0.5) is 0 Å². The van der Waals surface area contributed by atoms with Crippen LogP contribution in [0.1, 0.15) is 29.2 Å². The van der Waals surface area contributed by atoms with Crippen molar-refractivity contribution < 1.29 is 9.57 Å². The number of hydrogen-bond donors (Lipinski definition) is 1. The maximum Gasteiger partial charge on any atom is 0.152 e. The SMILES string of the molecule is CCON=C(C(N)=NC)c1ccccc1COc1cc(C)ccc1C. The number of amidine groups is 1. The van der Waals surface area contributed by atoms with E-state index in [4.69, 9.17) is 15.3 Å². The molecule has 0 saturated heterocycles. The topological polar surface area (TPSA) is 69.2 Å². The Bertz CT molecular complexity index is 782. The average molecular weight is 339 g/mol. The van der Waals surface area contributed by atoms with Crippen molar-refractivity contribution in [3.8, 4) is 5.75 Å². The van der Waals surface area contributed by atoms with Crippen LogP contribution in [0.25, 0.3) is 0 Å². The van der Waals surface area contributed by atoms with Crippen molar-refractivity contribution in [3.05, 3.63) is 64.7 Å². The van der Waals surface area contributed by atoms with Crippen LogP contribution >= 0.6 is 0 Å². The molecule has 5 nitrogen and oxygen atoms in total. The highest BCUT2D eigenvalue weighted by Gasteiger charge is 2.14. The van der Waals surface area contributed by atoms with Crippen LogP contribution in [-0.4, -0.2) is 25.2 Å². The van der Waals surface area contributed by atoms with E-state index in [1.165, 1.54) is 0 Å².